The van der Waals surface area contributed by atoms with Gasteiger partial charge >= 0.3 is 33.6 Å². The Hall–Kier alpha value is -4.83. The number of carbonyl (C=O) groups excluding carboxylic acids is 3. The van der Waals surface area contributed by atoms with Crippen molar-refractivity contribution in [1.29, 1.82) is 0 Å². The molecule has 708 valence electrons. The lowest BCUT2D eigenvalue weighted by molar-refractivity contribution is -0.161. The Labute approximate surface area is 752 Å². The van der Waals surface area contributed by atoms with Crippen LogP contribution in [0.25, 0.3) is 0 Å². The van der Waals surface area contributed by atoms with Gasteiger partial charge in [0.05, 0.1) is 26.4 Å². The lowest BCUT2D eigenvalue weighted by Crippen LogP contribution is -2.30. The van der Waals surface area contributed by atoms with Crippen molar-refractivity contribution in [1.82, 2.24) is 0 Å². The Morgan fingerprint density at radius 3 is 0.683 bits per heavy atom. The number of allylic oxidation sites excluding steroid dienone is 26. The quantitative estimate of drug-likeness (QED) is 0.0146. The first-order valence-electron chi connectivity index (χ1n) is 49.8. The maximum atomic E-state index is 13.1. The van der Waals surface area contributed by atoms with E-state index in [1.54, 1.807) is 0 Å². The maximum absolute atomic E-state index is 13.1. The zero-order valence-electron chi connectivity index (χ0n) is 78.3. The van der Waals surface area contributed by atoms with Crippen LogP contribution in [0, 0.1) is 0 Å². The van der Waals surface area contributed by atoms with E-state index in [9.17, 15) is 43.5 Å². The molecule has 0 aliphatic carbocycles. The molecule has 0 aromatic rings. The number of unbranched alkanes of at least 4 members (excludes halogenated alkanes) is 45. The van der Waals surface area contributed by atoms with Crippen molar-refractivity contribution in [2.45, 2.75) is 450 Å². The summed E-state index contributed by atoms with van der Waals surface area (Å²) in [4.78, 5) is 59.2. The van der Waals surface area contributed by atoms with Gasteiger partial charge in [-0.25, -0.2) is 9.13 Å². The van der Waals surface area contributed by atoms with E-state index in [2.05, 4.69) is 179 Å². The van der Waals surface area contributed by atoms with Crippen LogP contribution < -0.4 is 0 Å². The number of hydrogen-bond donors (Lipinski definition) is 4. The van der Waals surface area contributed by atoms with Gasteiger partial charge in [-0.3, -0.25) is 32.5 Å². The molecule has 4 N–H and O–H groups in total. The molecule has 0 saturated heterocycles. The summed E-state index contributed by atoms with van der Waals surface area (Å²) in [6, 6.07) is 0. The topological polar surface area (TPSA) is 231 Å². The highest BCUT2D eigenvalue weighted by molar-refractivity contribution is 7.47. The van der Waals surface area contributed by atoms with Crippen LogP contribution in [0.4, 0.5) is 0 Å². The second-order valence-electron chi connectivity index (χ2n) is 33.2. The molecule has 0 heterocycles. The normalized spacial score (nSPS) is 14.4. The first kappa shape index (κ1) is 118. The van der Waals surface area contributed by atoms with Crippen LogP contribution >= 0.6 is 15.6 Å². The Bertz CT molecular complexity index is 2870. The number of phosphoric acid groups is 2. The summed E-state index contributed by atoms with van der Waals surface area (Å²) in [6.45, 7) is 2.58. The minimum Gasteiger partial charge on any atom is -0.463 e. The number of aliphatic hydroxyl groups is 2. The van der Waals surface area contributed by atoms with E-state index in [-0.39, 0.29) is 19.3 Å². The molecule has 0 amide bonds. The third-order valence-electron chi connectivity index (χ3n) is 21.2. The molecule has 0 rings (SSSR count). The summed E-state index contributed by atoms with van der Waals surface area (Å²) in [6.07, 6.45) is 124. The zero-order chi connectivity index (χ0) is 89.3. The second kappa shape index (κ2) is 96.3. The molecular formula is C105H182O16P2. The number of esters is 3. The van der Waals surface area contributed by atoms with Gasteiger partial charge in [-0.2, -0.15) is 0 Å². The Morgan fingerprint density at radius 1 is 0.236 bits per heavy atom. The van der Waals surface area contributed by atoms with E-state index in [1.165, 1.54) is 218 Å². The molecule has 0 aliphatic rings. The third kappa shape index (κ3) is 97.6. The minimum atomic E-state index is -4.95. The fourth-order valence-electron chi connectivity index (χ4n) is 13.7. The van der Waals surface area contributed by atoms with Crippen molar-refractivity contribution < 1.29 is 75.8 Å². The molecular weight excluding hydrogens is 1580 g/mol. The van der Waals surface area contributed by atoms with E-state index in [4.69, 9.17) is 32.3 Å². The van der Waals surface area contributed by atoms with Gasteiger partial charge in [0, 0.05) is 19.3 Å². The van der Waals surface area contributed by atoms with Gasteiger partial charge in [-0.15, -0.1) is 0 Å². The highest BCUT2D eigenvalue weighted by Crippen LogP contribution is 2.45. The molecule has 0 radical (unpaired) electrons. The Morgan fingerprint density at radius 2 is 0.431 bits per heavy atom. The summed E-state index contributed by atoms with van der Waals surface area (Å²) in [5.41, 5.74) is 0. The summed E-state index contributed by atoms with van der Waals surface area (Å²) < 4.78 is 61.6. The molecule has 0 spiro atoms. The van der Waals surface area contributed by atoms with Crippen molar-refractivity contribution in [2.24, 2.45) is 0 Å². The average Bonchev–Trinajstić information content (AvgIpc) is 0.898. The van der Waals surface area contributed by atoms with Crippen molar-refractivity contribution in [3.05, 3.63) is 158 Å². The van der Waals surface area contributed by atoms with E-state index < -0.39 is 91.5 Å². The summed E-state index contributed by atoms with van der Waals surface area (Å²) in [7, 11) is -9.82. The van der Waals surface area contributed by atoms with Crippen LogP contribution in [-0.4, -0.2) is 95.9 Å². The summed E-state index contributed by atoms with van der Waals surface area (Å²) in [5, 5.41) is 20.8. The molecule has 0 aromatic carbocycles. The van der Waals surface area contributed by atoms with Crippen molar-refractivity contribution in [2.75, 3.05) is 39.6 Å². The van der Waals surface area contributed by atoms with Crippen molar-refractivity contribution in [3.63, 3.8) is 0 Å². The van der Waals surface area contributed by atoms with Gasteiger partial charge in [0.25, 0.3) is 0 Å². The lowest BCUT2D eigenvalue weighted by atomic mass is 10.0. The number of ether oxygens (including phenoxy) is 3. The van der Waals surface area contributed by atoms with E-state index >= 15 is 0 Å². The van der Waals surface area contributed by atoms with Gasteiger partial charge in [0.2, 0.25) is 0 Å². The van der Waals surface area contributed by atoms with Gasteiger partial charge < -0.3 is 34.2 Å². The largest absolute Gasteiger partial charge is 0.472 e. The van der Waals surface area contributed by atoms with Crippen LogP contribution in [-0.2, 0) is 55.8 Å². The smallest absolute Gasteiger partial charge is 0.463 e. The second-order valence-corrected chi connectivity index (χ2v) is 36.1. The SMILES string of the molecule is CC/C=C\C/C=C\C/C=C\C/C=C\C/C=C\CCCCCCCCCCCCCCCC(=O)OCC(COP(=O)(O)OCC(O)COP(=O)(O)OCC(O)COC(=O)CCCCCCCCCCCCCCCCCCC/C=C\C/C=C\C/C=C\C/C=C\CCCCC)OC(=O)CCCCCCCCCCC/C=C\C/C=C\C/C=C\C/C=C\CCCCC. The summed E-state index contributed by atoms with van der Waals surface area (Å²) >= 11 is 0. The Kier molecular flexibility index (Phi) is 92.5. The predicted octanol–water partition coefficient (Wildman–Crippen LogP) is 31.2. The van der Waals surface area contributed by atoms with Gasteiger partial charge in [-0.1, -0.05) is 416 Å². The number of aliphatic hydroxyl groups excluding tert-OH is 2. The maximum Gasteiger partial charge on any atom is 0.472 e. The van der Waals surface area contributed by atoms with Crippen LogP contribution in [0.15, 0.2) is 158 Å². The zero-order valence-corrected chi connectivity index (χ0v) is 80.1. The highest BCUT2D eigenvalue weighted by Gasteiger charge is 2.30. The van der Waals surface area contributed by atoms with Crippen LogP contribution in [0.5, 0.6) is 0 Å². The fraction of sp³-hybridized carbons (Fsp3) is 0.724. The highest BCUT2D eigenvalue weighted by atomic mass is 31.2. The van der Waals surface area contributed by atoms with E-state index in [0.717, 1.165) is 154 Å². The first-order valence-corrected chi connectivity index (χ1v) is 52.8. The number of rotatable bonds is 94. The van der Waals surface area contributed by atoms with E-state index in [1.807, 2.05) is 0 Å². The summed E-state index contributed by atoms with van der Waals surface area (Å²) in [5.74, 6) is -1.57. The third-order valence-corrected chi connectivity index (χ3v) is 23.1. The molecule has 5 unspecified atom stereocenters. The van der Waals surface area contributed by atoms with Gasteiger partial charge in [-0.05, 0) is 154 Å². The van der Waals surface area contributed by atoms with Gasteiger partial charge in [0.15, 0.2) is 6.10 Å². The fourth-order valence-corrected chi connectivity index (χ4v) is 15.3. The van der Waals surface area contributed by atoms with E-state index in [0.29, 0.717) is 19.3 Å². The lowest BCUT2D eigenvalue weighted by Gasteiger charge is -2.21. The molecule has 0 aliphatic heterocycles. The van der Waals surface area contributed by atoms with Crippen LogP contribution in [0.2, 0.25) is 0 Å². The molecule has 0 fully saturated rings. The molecule has 16 nitrogen and oxygen atoms in total. The molecule has 0 bridgehead atoms. The Balaban J connectivity index is 4.59. The molecule has 123 heavy (non-hydrogen) atoms. The number of phosphoric ester groups is 2. The van der Waals surface area contributed by atoms with Gasteiger partial charge in [0.1, 0.15) is 25.4 Å². The molecule has 18 heteroatoms. The monoisotopic (exact) mass is 1760 g/mol. The standard InChI is InChI=1S/C105H182O16P2/c1-4-7-10-13-16-19-22-25-28-31-34-37-40-43-45-47-48-49-50-52-54-56-58-61-64-67-70-73-76-79-82-85-88-91-103(108)115-94-100(106)95-117-122(111,112)118-96-101(107)97-119-123(113,114)120-99-102(121-105(110)93-90-87-84-81-78-75-72-69-66-63-60-55-42-39-36-33-30-27-24-21-18-15-12-9-6-3)98-116-104(109)92-89-86-83-80-77-74-71-68-65-62-59-57-53-51-46-44-41-38-35-32-29-26-23-20-17-14-11-8-5-2/h8,11,16-21,25-30,34-39,43-46,55,60,100-102,106-107H,4-7,9-10,12-15,22-24,31-33,40-42,47-54,56-59,61-99H2,1-3H3,(H,111,112)(H,113,114)/b11-8-,19-16-,20-17-,21-18-,28-25-,29-26-,30-27-,37-34-,38-35-,39-36-,45-43-,46-44-,60-55-. The first-order chi connectivity index (χ1) is 60.2. The number of hydrogen-bond acceptors (Lipinski definition) is 14. The number of carbonyl (C=O) groups is 3. The molecule has 5 atom stereocenters. The van der Waals surface area contributed by atoms with Crippen LogP contribution in [0.3, 0.4) is 0 Å². The molecule has 0 saturated carbocycles. The van der Waals surface area contributed by atoms with Crippen molar-refractivity contribution in [3.8, 4) is 0 Å². The van der Waals surface area contributed by atoms with Crippen molar-refractivity contribution >= 4 is 33.6 Å². The minimum absolute atomic E-state index is 0.0947. The molecule has 0 aromatic heterocycles. The predicted molar refractivity (Wildman–Crippen MR) is 519 cm³/mol. The van der Waals surface area contributed by atoms with Crippen LogP contribution in [0.1, 0.15) is 432 Å². The average molecular weight is 1760 g/mol.